The Balaban J connectivity index is 1.66. The van der Waals surface area contributed by atoms with E-state index in [1.807, 2.05) is 74.4 Å². The maximum atomic E-state index is 12.5. The van der Waals surface area contributed by atoms with Crippen LogP contribution in [0.5, 0.6) is 0 Å². The van der Waals surface area contributed by atoms with Crippen molar-refractivity contribution in [1.29, 1.82) is 5.41 Å². The van der Waals surface area contributed by atoms with E-state index in [1.165, 1.54) is 16.8 Å². The normalized spacial score (nSPS) is 17.5. The van der Waals surface area contributed by atoms with Gasteiger partial charge in [-0.3, -0.25) is 10.2 Å². The van der Waals surface area contributed by atoms with Crippen LogP contribution >= 0.6 is 11.8 Å². The van der Waals surface area contributed by atoms with Gasteiger partial charge in [0.2, 0.25) is 5.17 Å². The highest BCUT2D eigenvalue weighted by Gasteiger charge is 2.36. The molecule has 2 heterocycles. The minimum absolute atomic E-state index is 0.0442. The number of aliphatic imine (C=N–C) groups is 1. The first-order valence-electron chi connectivity index (χ1n) is 8.77. The number of aryl methyl sites for hydroxylation is 1. The van der Waals surface area contributed by atoms with Gasteiger partial charge in [0.05, 0.1) is 5.57 Å². The Morgan fingerprint density at radius 1 is 1.11 bits per heavy atom. The molecule has 0 bridgehead atoms. The van der Waals surface area contributed by atoms with E-state index in [-0.39, 0.29) is 11.4 Å². The number of benzene rings is 2. The fourth-order valence-electron chi connectivity index (χ4n) is 2.95. The zero-order valence-electron chi connectivity index (χ0n) is 15.8. The fourth-order valence-corrected chi connectivity index (χ4v) is 3.93. The van der Waals surface area contributed by atoms with Crippen LogP contribution in [0.2, 0.25) is 0 Å². The average molecular weight is 389 g/mol. The summed E-state index contributed by atoms with van der Waals surface area (Å²) in [6.45, 7) is 2.01. The van der Waals surface area contributed by atoms with Gasteiger partial charge in [-0.2, -0.15) is 15.1 Å². The third-order valence-corrected chi connectivity index (χ3v) is 5.49. The molecule has 1 amide bonds. The van der Waals surface area contributed by atoms with Crippen molar-refractivity contribution in [2.75, 3.05) is 19.0 Å². The Bertz CT molecular complexity index is 1070. The van der Waals surface area contributed by atoms with E-state index in [4.69, 9.17) is 5.41 Å². The van der Waals surface area contributed by atoms with Crippen molar-refractivity contribution in [3.63, 3.8) is 0 Å². The number of hydrogen-bond donors (Lipinski definition) is 1. The van der Waals surface area contributed by atoms with Gasteiger partial charge in [0.25, 0.3) is 5.91 Å². The van der Waals surface area contributed by atoms with Crippen LogP contribution in [0.25, 0.3) is 6.08 Å². The summed E-state index contributed by atoms with van der Waals surface area (Å²) >= 11 is 1.31. The number of thioether (sulfide) groups is 1. The summed E-state index contributed by atoms with van der Waals surface area (Å²) in [5, 5.41) is 15.6. The van der Waals surface area contributed by atoms with Gasteiger partial charge in [0.1, 0.15) is 5.04 Å². The van der Waals surface area contributed by atoms with E-state index in [0.717, 1.165) is 27.4 Å². The van der Waals surface area contributed by atoms with Crippen LogP contribution in [0.1, 0.15) is 16.7 Å². The first-order valence-corrected chi connectivity index (χ1v) is 9.59. The molecular formula is C21H19N5OS. The second kappa shape index (κ2) is 7.09. The predicted octanol–water partition coefficient (Wildman–Crippen LogP) is 3.73. The molecule has 0 spiro atoms. The van der Waals surface area contributed by atoms with Gasteiger partial charge in [-0.25, -0.2) is 0 Å². The molecule has 6 nitrogen and oxygen atoms in total. The Labute approximate surface area is 167 Å². The molecule has 2 aromatic rings. The lowest BCUT2D eigenvalue weighted by Crippen LogP contribution is -2.35. The molecule has 140 valence electrons. The van der Waals surface area contributed by atoms with Gasteiger partial charge in [-0.1, -0.05) is 36.4 Å². The van der Waals surface area contributed by atoms with Gasteiger partial charge in [-0.15, -0.1) is 0 Å². The monoisotopic (exact) mass is 389 g/mol. The van der Waals surface area contributed by atoms with Crippen LogP contribution in [0.3, 0.4) is 0 Å². The average Bonchev–Trinajstić information content (AvgIpc) is 3.09. The number of carbonyl (C=O) groups excluding carboxylic acids is 1. The fraction of sp³-hybridized carbons (Fsp3) is 0.143. The van der Waals surface area contributed by atoms with Crippen molar-refractivity contribution in [1.82, 2.24) is 5.01 Å². The van der Waals surface area contributed by atoms with Crippen molar-refractivity contribution in [3.8, 4) is 0 Å². The SMILES string of the molecule is Cc1ccccc1C1=NN2C(=N)C(=Cc3ccc(N(C)C)cc3)C(=O)N=C2S1. The maximum Gasteiger partial charge on any atom is 0.283 e. The summed E-state index contributed by atoms with van der Waals surface area (Å²) in [6.07, 6.45) is 1.69. The molecule has 0 saturated heterocycles. The second-order valence-electron chi connectivity index (χ2n) is 6.73. The van der Waals surface area contributed by atoms with Crippen LogP contribution in [0, 0.1) is 12.3 Å². The Morgan fingerprint density at radius 2 is 1.82 bits per heavy atom. The van der Waals surface area contributed by atoms with Crippen LogP contribution in [0.15, 0.2) is 64.2 Å². The van der Waals surface area contributed by atoms with Crippen molar-refractivity contribution < 1.29 is 4.79 Å². The Kier molecular flexibility index (Phi) is 4.60. The van der Waals surface area contributed by atoms with Crippen molar-refractivity contribution in [2.45, 2.75) is 6.92 Å². The number of amides is 1. The first-order chi connectivity index (χ1) is 13.4. The molecule has 0 aliphatic carbocycles. The van der Waals surface area contributed by atoms with Gasteiger partial charge < -0.3 is 4.90 Å². The molecule has 0 radical (unpaired) electrons. The minimum atomic E-state index is -0.415. The number of hydrogen-bond acceptors (Lipinski definition) is 5. The summed E-state index contributed by atoms with van der Waals surface area (Å²) in [7, 11) is 3.94. The van der Waals surface area contributed by atoms with Gasteiger partial charge in [0, 0.05) is 25.3 Å². The number of anilines is 1. The van der Waals surface area contributed by atoms with Gasteiger partial charge >= 0.3 is 0 Å². The Hall–Kier alpha value is -3.19. The quantitative estimate of drug-likeness (QED) is 0.812. The summed E-state index contributed by atoms with van der Waals surface area (Å²) in [5.74, 6) is -0.371. The number of nitrogens with one attached hydrogen (secondary N) is 1. The standard InChI is InChI=1S/C21H19N5OS/c1-13-6-4-5-7-16(13)20-24-26-18(22)17(19(27)23-21(26)28-20)12-14-8-10-15(11-9-14)25(2)3/h4-12,22H,1-3H3. The van der Waals surface area contributed by atoms with E-state index in [0.29, 0.717) is 5.17 Å². The van der Waals surface area contributed by atoms with Crippen molar-refractivity contribution in [2.24, 2.45) is 10.1 Å². The molecular weight excluding hydrogens is 370 g/mol. The van der Waals surface area contributed by atoms with Crippen LogP contribution in [-0.4, -0.2) is 41.1 Å². The molecule has 2 aliphatic rings. The molecule has 0 aromatic heterocycles. The second-order valence-corrected chi connectivity index (χ2v) is 7.68. The van der Waals surface area contributed by atoms with Crippen LogP contribution in [-0.2, 0) is 4.79 Å². The van der Waals surface area contributed by atoms with Gasteiger partial charge in [-0.05, 0) is 48.0 Å². The third-order valence-electron chi connectivity index (χ3n) is 4.55. The van der Waals surface area contributed by atoms with Crippen molar-refractivity contribution >= 4 is 45.5 Å². The molecule has 7 heteroatoms. The van der Waals surface area contributed by atoms with E-state index in [2.05, 4.69) is 10.1 Å². The topological polar surface area (TPSA) is 72.1 Å². The summed E-state index contributed by atoms with van der Waals surface area (Å²) in [4.78, 5) is 18.7. The van der Waals surface area contributed by atoms with E-state index in [9.17, 15) is 4.79 Å². The molecule has 1 N–H and O–H groups in total. The van der Waals surface area contributed by atoms with E-state index in [1.54, 1.807) is 6.08 Å². The predicted molar refractivity (Wildman–Crippen MR) is 116 cm³/mol. The molecule has 0 saturated carbocycles. The van der Waals surface area contributed by atoms with E-state index < -0.39 is 5.91 Å². The Morgan fingerprint density at radius 3 is 2.50 bits per heavy atom. The number of carbonyl (C=O) groups is 1. The maximum absolute atomic E-state index is 12.5. The third kappa shape index (κ3) is 3.25. The molecule has 2 aromatic carbocycles. The number of amidine groups is 2. The zero-order valence-corrected chi connectivity index (χ0v) is 16.6. The van der Waals surface area contributed by atoms with Crippen molar-refractivity contribution in [3.05, 3.63) is 70.8 Å². The molecule has 0 unspecified atom stereocenters. The van der Waals surface area contributed by atoms with E-state index >= 15 is 0 Å². The summed E-state index contributed by atoms with van der Waals surface area (Å²) in [5.41, 5.74) is 4.21. The summed E-state index contributed by atoms with van der Waals surface area (Å²) < 4.78 is 0. The lowest BCUT2D eigenvalue weighted by Gasteiger charge is -2.20. The lowest BCUT2D eigenvalue weighted by atomic mass is 10.1. The smallest absolute Gasteiger partial charge is 0.283 e. The molecule has 0 atom stereocenters. The van der Waals surface area contributed by atoms with Crippen LogP contribution in [0.4, 0.5) is 5.69 Å². The molecule has 0 fully saturated rings. The van der Waals surface area contributed by atoms with Gasteiger partial charge in [0.15, 0.2) is 5.84 Å². The number of nitrogens with zero attached hydrogens (tertiary/aromatic N) is 4. The highest BCUT2D eigenvalue weighted by molar-refractivity contribution is 8.27. The highest BCUT2D eigenvalue weighted by atomic mass is 32.2. The number of fused-ring (bicyclic) bond motifs is 1. The molecule has 4 rings (SSSR count). The largest absolute Gasteiger partial charge is 0.378 e. The zero-order chi connectivity index (χ0) is 19.8. The summed E-state index contributed by atoms with van der Waals surface area (Å²) in [6, 6.07) is 15.7. The molecule has 2 aliphatic heterocycles. The minimum Gasteiger partial charge on any atom is -0.378 e. The lowest BCUT2D eigenvalue weighted by molar-refractivity contribution is -0.114. The highest BCUT2D eigenvalue weighted by Crippen LogP contribution is 2.31. The number of hydrazone groups is 1. The number of rotatable bonds is 3. The first kappa shape index (κ1) is 18.2. The van der Waals surface area contributed by atoms with Crippen LogP contribution < -0.4 is 4.90 Å². The molecule has 28 heavy (non-hydrogen) atoms.